The molecule has 0 spiro atoms. The van der Waals surface area contributed by atoms with Crippen LogP contribution in [0.3, 0.4) is 0 Å². The van der Waals surface area contributed by atoms with Crippen molar-refractivity contribution in [3.05, 3.63) is 30.1 Å². The van der Waals surface area contributed by atoms with Crippen LogP contribution in [0.5, 0.6) is 0 Å². The van der Waals surface area contributed by atoms with E-state index >= 15 is 0 Å². The summed E-state index contributed by atoms with van der Waals surface area (Å²) in [5.74, 6) is 0.247. The minimum absolute atomic E-state index is 0.0550. The van der Waals surface area contributed by atoms with Crippen molar-refractivity contribution in [3.63, 3.8) is 0 Å². The molecule has 0 radical (unpaired) electrons. The van der Waals surface area contributed by atoms with Crippen molar-refractivity contribution in [1.82, 2.24) is 15.2 Å². The fourth-order valence-corrected chi connectivity index (χ4v) is 4.03. The highest BCUT2D eigenvalue weighted by atomic mass is 32.2. The van der Waals surface area contributed by atoms with Crippen molar-refractivity contribution in [3.8, 4) is 0 Å². The van der Waals surface area contributed by atoms with Crippen molar-refractivity contribution in [1.29, 1.82) is 0 Å². The minimum Gasteiger partial charge on any atom is -0.349 e. The summed E-state index contributed by atoms with van der Waals surface area (Å²) >= 11 is 0. The van der Waals surface area contributed by atoms with Gasteiger partial charge in [0.1, 0.15) is 0 Å². The lowest BCUT2D eigenvalue weighted by Crippen LogP contribution is -2.41. The van der Waals surface area contributed by atoms with E-state index in [-0.39, 0.29) is 30.0 Å². The maximum absolute atomic E-state index is 11.8. The van der Waals surface area contributed by atoms with Gasteiger partial charge in [-0.15, -0.1) is 0 Å². The first-order chi connectivity index (χ1) is 9.46. The lowest BCUT2D eigenvalue weighted by atomic mass is 10.2. The summed E-state index contributed by atoms with van der Waals surface area (Å²) in [4.78, 5) is 17.7. The average Bonchev–Trinajstić information content (AvgIpc) is 2.78. The molecule has 7 heteroatoms. The summed E-state index contributed by atoms with van der Waals surface area (Å²) < 4.78 is 22.8. The molecule has 0 bridgehead atoms. The number of pyridine rings is 1. The molecule has 1 atom stereocenters. The van der Waals surface area contributed by atoms with Crippen LogP contribution in [0.1, 0.15) is 12.1 Å². The Labute approximate surface area is 119 Å². The van der Waals surface area contributed by atoms with Crippen LogP contribution in [0.15, 0.2) is 24.4 Å². The highest BCUT2D eigenvalue weighted by Gasteiger charge is 2.31. The Morgan fingerprint density at radius 1 is 1.50 bits per heavy atom. The van der Waals surface area contributed by atoms with Crippen LogP contribution in [-0.2, 0) is 21.2 Å². The van der Waals surface area contributed by atoms with Gasteiger partial charge in [0, 0.05) is 12.2 Å². The predicted octanol–water partition coefficient (Wildman–Crippen LogP) is -0.183. The summed E-state index contributed by atoms with van der Waals surface area (Å²) in [6, 6.07) is 5.47. The Hall–Kier alpha value is -1.47. The van der Waals surface area contributed by atoms with E-state index in [9.17, 15) is 13.2 Å². The third-order valence-electron chi connectivity index (χ3n) is 3.42. The van der Waals surface area contributed by atoms with Crippen LogP contribution in [0, 0.1) is 0 Å². The van der Waals surface area contributed by atoms with Crippen LogP contribution in [0.2, 0.25) is 0 Å². The highest BCUT2D eigenvalue weighted by molar-refractivity contribution is 7.91. The SMILES string of the molecule is CN(CC(=O)NCc1ccccn1)C1CCS(=O)(=O)C1. The number of aromatic nitrogens is 1. The minimum atomic E-state index is -2.91. The summed E-state index contributed by atoms with van der Waals surface area (Å²) in [6.07, 6.45) is 2.28. The van der Waals surface area contributed by atoms with E-state index in [0.717, 1.165) is 5.69 Å². The van der Waals surface area contributed by atoms with Crippen molar-refractivity contribution in [2.24, 2.45) is 0 Å². The number of hydrogen-bond donors (Lipinski definition) is 1. The van der Waals surface area contributed by atoms with Gasteiger partial charge in [0.25, 0.3) is 0 Å². The molecule has 1 amide bonds. The molecule has 1 fully saturated rings. The molecular formula is C13H19N3O3S. The molecule has 2 rings (SSSR count). The molecule has 6 nitrogen and oxygen atoms in total. The predicted molar refractivity (Wildman–Crippen MR) is 75.8 cm³/mol. The molecule has 20 heavy (non-hydrogen) atoms. The fraction of sp³-hybridized carbons (Fsp3) is 0.538. The molecule has 1 unspecified atom stereocenters. The van der Waals surface area contributed by atoms with Gasteiger partial charge in [-0.3, -0.25) is 14.7 Å². The Kier molecular flexibility index (Phi) is 4.72. The number of carbonyl (C=O) groups is 1. The average molecular weight is 297 g/mol. The molecule has 1 N–H and O–H groups in total. The molecule has 1 saturated heterocycles. The lowest BCUT2D eigenvalue weighted by Gasteiger charge is -2.22. The molecular weight excluding hydrogens is 278 g/mol. The quantitative estimate of drug-likeness (QED) is 0.815. The number of likely N-dealkylation sites (N-methyl/N-ethyl adjacent to an activating group) is 1. The standard InChI is InChI=1S/C13H19N3O3S/c1-16(12-5-7-20(18,19)10-12)9-13(17)15-8-11-4-2-3-6-14-11/h2-4,6,12H,5,7-10H2,1H3,(H,15,17). The van der Waals surface area contributed by atoms with Gasteiger partial charge < -0.3 is 5.32 Å². The Morgan fingerprint density at radius 3 is 2.90 bits per heavy atom. The van der Waals surface area contributed by atoms with E-state index in [0.29, 0.717) is 13.0 Å². The van der Waals surface area contributed by atoms with Crippen LogP contribution in [-0.4, -0.2) is 55.3 Å². The summed E-state index contributed by atoms with van der Waals surface area (Å²) in [5.41, 5.74) is 0.798. The molecule has 0 aromatic carbocycles. The first-order valence-electron chi connectivity index (χ1n) is 6.53. The summed E-state index contributed by atoms with van der Waals surface area (Å²) in [6.45, 7) is 0.587. The van der Waals surface area contributed by atoms with Crippen molar-refractivity contribution >= 4 is 15.7 Å². The van der Waals surface area contributed by atoms with E-state index in [4.69, 9.17) is 0 Å². The van der Waals surface area contributed by atoms with Gasteiger partial charge in [0.05, 0.1) is 30.3 Å². The van der Waals surface area contributed by atoms with Crippen molar-refractivity contribution < 1.29 is 13.2 Å². The smallest absolute Gasteiger partial charge is 0.234 e. The van der Waals surface area contributed by atoms with Crippen LogP contribution in [0.25, 0.3) is 0 Å². The summed E-state index contributed by atoms with van der Waals surface area (Å²) in [5, 5.41) is 2.78. The number of nitrogens with zero attached hydrogens (tertiary/aromatic N) is 2. The lowest BCUT2D eigenvalue weighted by molar-refractivity contribution is -0.122. The van der Waals surface area contributed by atoms with Gasteiger partial charge in [-0.2, -0.15) is 0 Å². The monoisotopic (exact) mass is 297 g/mol. The fourth-order valence-electron chi connectivity index (χ4n) is 2.23. The van der Waals surface area contributed by atoms with Crippen molar-refractivity contribution in [2.75, 3.05) is 25.1 Å². The Balaban J connectivity index is 1.77. The molecule has 1 aromatic heterocycles. The zero-order valence-electron chi connectivity index (χ0n) is 11.4. The molecule has 2 heterocycles. The van der Waals surface area contributed by atoms with Crippen LogP contribution >= 0.6 is 0 Å². The Morgan fingerprint density at radius 2 is 2.30 bits per heavy atom. The molecule has 0 saturated carbocycles. The molecule has 1 aliphatic rings. The maximum atomic E-state index is 11.8. The topological polar surface area (TPSA) is 79.4 Å². The normalized spacial score (nSPS) is 21.0. The molecule has 1 aliphatic heterocycles. The zero-order valence-corrected chi connectivity index (χ0v) is 12.3. The van der Waals surface area contributed by atoms with Gasteiger partial charge in [0.15, 0.2) is 9.84 Å². The second-order valence-electron chi connectivity index (χ2n) is 5.07. The summed E-state index contributed by atoms with van der Waals surface area (Å²) in [7, 11) is -1.13. The third kappa shape index (κ3) is 4.28. The maximum Gasteiger partial charge on any atom is 0.234 e. The zero-order chi connectivity index (χ0) is 14.6. The number of hydrogen-bond acceptors (Lipinski definition) is 5. The Bertz CT molecular complexity index is 559. The van der Waals surface area contributed by atoms with E-state index in [2.05, 4.69) is 10.3 Å². The van der Waals surface area contributed by atoms with Gasteiger partial charge in [-0.25, -0.2) is 8.42 Å². The number of rotatable bonds is 5. The van der Waals surface area contributed by atoms with E-state index in [1.54, 1.807) is 18.1 Å². The number of sulfone groups is 1. The van der Waals surface area contributed by atoms with Crippen LogP contribution in [0.4, 0.5) is 0 Å². The molecule has 110 valence electrons. The molecule has 0 aliphatic carbocycles. The van der Waals surface area contributed by atoms with E-state index in [1.807, 2.05) is 18.2 Å². The van der Waals surface area contributed by atoms with Gasteiger partial charge in [0.2, 0.25) is 5.91 Å². The first-order valence-corrected chi connectivity index (χ1v) is 8.36. The van der Waals surface area contributed by atoms with E-state index < -0.39 is 9.84 Å². The van der Waals surface area contributed by atoms with Gasteiger partial charge >= 0.3 is 0 Å². The molecule has 1 aromatic rings. The second kappa shape index (κ2) is 6.32. The largest absolute Gasteiger partial charge is 0.349 e. The second-order valence-corrected chi connectivity index (χ2v) is 7.30. The van der Waals surface area contributed by atoms with Gasteiger partial charge in [-0.05, 0) is 25.6 Å². The third-order valence-corrected chi connectivity index (χ3v) is 5.17. The van der Waals surface area contributed by atoms with Gasteiger partial charge in [-0.1, -0.05) is 6.07 Å². The highest BCUT2D eigenvalue weighted by Crippen LogP contribution is 2.15. The van der Waals surface area contributed by atoms with Crippen LogP contribution < -0.4 is 5.32 Å². The van der Waals surface area contributed by atoms with E-state index in [1.165, 1.54) is 0 Å². The first kappa shape index (κ1) is 14.9. The number of amides is 1. The number of carbonyl (C=O) groups excluding carboxylic acids is 1. The number of nitrogens with one attached hydrogen (secondary N) is 1. The van der Waals surface area contributed by atoms with Crippen molar-refractivity contribution in [2.45, 2.75) is 19.0 Å².